The minimum atomic E-state index is -1.24. The zero-order valence-electron chi connectivity index (χ0n) is 19.4. The highest BCUT2D eigenvalue weighted by molar-refractivity contribution is 6.76. The van der Waals surface area contributed by atoms with Gasteiger partial charge in [-0.2, -0.15) is 0 Å². The summed E-state index contributed by atoms with van der Waals surface area (Å²) in [5, 5.41) is 21.9. The van der Waals surface area contributed by atoms with Gasteiger partial charge < -0.3 is 14.6 Å². The number of esters is 1. The fraction of sp³-hybridized carbons (Fsp3) is 0.619. The van der Waals surface area contributed by atoms with Crippen molar-refractivity contribution < 1.29 is 24.2 Å². The lowest BCUT2D eigenvalue weighted by molar-refractivity contribution is -0.143. The molecule has 0 amide bonds. The quantitative estimate of drug-likeness (QED) is 0.271. The molecule has 2 atom stereocenters. The number of ether oxygens (including phenoxy) is 2. The number of aromatic nitrogens is 5. The SMILES string of the molecule is CCC[C@H](C(=O)O)[C@H](Cc1cccc(C(=O)OC)n1)c1nnnn1COCC[Si](C)(C)C. The van der Waals surface area contributed by atoms with Crippen molar-refractivity contribution in [3.05, 3.63) is 35.4 Å². The summed E-state index contributed by atoms with van der Waals surface area (Å²) in [7, 11) is 0.0524. The predicted molar refractivity (Wildman–Crippen MR) is 120 cm³/mol. The second-order valence-corrected chi connectivity index (χ2v) is 14.6. The van der Waals surface area contributed by atoms with Gasteiger partial charge in [0.1, 0.15) is 12.4 Å². The molecule has 0 saturated heterocycles. The van der Waals surface area contributed by atoms with Crippen LogP contribution >= 0.6 is 0 Å². The molecule has 0 radical (unpaired) electrons. The molecule has 32 heavy (non-hydrogen) atoms. The zero-order valence-corrected chi connectivity index (χ0v) is 20.4. The Kier molecular flexibility index (Phi) is 9.45. The lowest BCUT2D eigenvalue weighted by atomic mass is 9.84. The highest BCUT2D eigenvalue weighted by atomic mass is 28.3. The average molecular weight is 464 g/mol. The molecule has 0 aliphatic heterocycles. The number of carboxylic acids is 1. The number of aliphatic carboxylic acids is 1. The Bertz CT molecular complexity index is 899. The fourth-order valence-electron chi connectivity index (χ4n) is 3.36. The molecule has 10 nitrogen and oxygen atoms in total. The molecular formula is C21H33N5O5Si. The molecule has 0 aliphatic carbocycles. The third kappa shape index (κ3) is 7.48. The van der Waals surface area contributed by atoms with Crippen LogP contribution in [-0.4, -0.2) is 64.0 Å². The highest BCUT2D eigenvalue weighted by Crippen LogP contribution is 2.30. The summed E-state index contributed by atoms with van der Waals surface area (Å²) in [5.41, 5.74) is 0.731. The van der Waals surface area contributed by atoms with Crippen LogP contribution in [0.5, 0.6) is 0 Å². The number of hydrogen-bond acceptors (Lipinski definition) is 8. The first-order valence-electron chi connectivity index (χ1n) is 10.8. The maximum atomic E-state index is 12.1. The number of nitrogens with zero attached hydrogens (tertiary/aromatic N) is 5. The van der Waals surface area contributed by atoms with Gasteiger partial charge >= 0.3 is 11.9 Å². The molecule has 0 bridgehead atoms. The van der Waals surface area contributed by atoms with Gasteiger partial charge in [0.2, 0.25) is 0 Å². The van der Waals surface area contributed by atoms with Gasteiger partial charge in [0, 0.05) is 32.7 Å². The predicted octanol–water partition coefficient (Wildman–Crippen LogP) is 2.99. The molecule has 0 unspecified atom stereocenters. The third-order valence-corrected chi connectivity index (χ3v) is 6.84. The molecule has 0 fully saturated rings. The summed E-state index contributed by atoms with van der Waals surface area (Å²) < 4.78 is 12.1. The smallest absolute Gasteiger partial charge is 0.356 e. The standard InChI is InChI=1S/C21H33N5O5Si/c1-6-8-16(20(27)28)17(13-15-9-7-10-18(22-15)21(29)30-2)19-23-24-25-26(19)14-31-11-12-32(3,4)5/h7,9-10,16-17H,6,8,11-14H2,1-5H3,(H,27,28)/t16-,17-/m0/s1. The number of carbonyl (C=O) groups excluding carboxylic acids is 1. The molecule has 2 aromatic heterocycles. The van der Waals surface area contributed by atoms with E-state index in [1.165, 1.54) is 11.8 Å². The third-order valence-electron chi connectivity index (χ3n) is 5.13. The molecule has 2 heterocycles. The summed E-state index contributed by atoms with van der Waals surface area (Å²) in [6, 6.07) is 6.01. The van der Waals surface area contributed by atoms with E-state index in [4.69, 9.17) is 9.47 Å². The summed E-state index contributed by atoms with van der Waals surface area (Å²) in [6.07, 6.45) is 1.41. The van der Waals surface area contributed by atoms with Crippen molar-refractivity contribution in [2.24, 2.45) is 5.92 Å². The van der Waals surface area contributed by atoms with E-state index in [-0.39, 0.29) is 18.8 Å². The van der Waals surface area contributed by atoms with Crippen LogP contribution in [0.15, 0.2) is 18.2 Å². The summed E-state index contributed by atoms with van der Waals surface area (Å²) in [5.74, 6) is -2.29. The van der Waals surface area contributed by atoms with Crippen molar-refractivity contribution in [2.75, 3.05) is 13.7 Å². The van der Waals surface area contributed by atoms with Crippen LogP contribution in [0.3, 0.4) is 0 Å². The topological polar surface area (TPSA) is 129 Å². The van der Waals surface area contributed by atoms with E-state index in [2.05, 4.69) is 40.2 Å². The number of tetrazole rings is 1. The molecule has 0 saturated carbocycles. The first kappa shape index (κ1) is 25.6. The van der Waals surface area contributed by atoms with Crippen molar-refractivity contribution in [1.29, 1.82) is 0 Å². The normalized spacial score (nSPS) is 13.5. The lowest BCUT2D eigenvalue weighted by Crippen LogP contribution is -2.28. The zero-order chi connectivity index (χ0) is 23.7. The minimum absolute atomic E-state index is 0.150. The van der Waals surface area contributed by atoms with Crippen LogP contribution in [0, 0.1) is 5.92 Å². The molecule has 0 aromatic carbocycles. The van der Waals surface area contributed by atoms with Gasteiger partial charge in [0.25, 0.3) is 0 Å². The fourth-order valence-corrected chi connectivity index (χ4v) is 4.11. The molecule has 11 heteroatoms. The van der Waals surface area contributed by atoms with Gasteiger partial charge in [0.05, 0.1) is 13.0 Å². The van der Waals surface area contributed by atoms with Gasteiger partial charge in [-0.1, -0.05) is 39.1 Å². The van der Waals surface area contributed by atoms with Gasteiger partial charge in [-0.25, -0.2) is 14.5 Å². The molecule has 2 rings (SSSR count). The second-order valence-electron chi connectivity index (χ2n) is 8.93. The molecule has 0 aliphatic rings. The van der Waals surface area contributed by atoms with Crippen molar-refractivity contribution in [1.82, 2.24) is 25.2 Å². The lowest BCUT2D eigenvalue weighted by Gasteiger charge is -2.23. The summed E-state index contributed by atoms with van der Waals surface area (Å²) in [6.45, 7) is 9.49. The minimum Gasteiger partial charge on any atom is -0.481 e. The maximum absolute atomic E-state index is 12.1. The summed E-state index contributed by atoms with van der Waals surface area (Å²) >= 11 is 0. The Morgan fingerprint density at radius 3 is 2.62 bits per heavy atom. The molecule has 176 valence electrons. The summed E-state index contributed by atoms with van der Waals surface area (Å²) in [4.78, 5) is 28.3. The number of rotatable bonds is 13. The van der Waals surface area contributed by atoms with E-state index in [0.717, 1.165) is 6.04 Å². The van der Waals surface area contributed by atoms with Crippen molar-refractivity contribution in [3.8, 4) is 0 Å². The molecule has 2 aromatic rings. The van der Waals surface area contributed by atoms with Gasteiger partial charge in [-0.15, -0.1) is 5.10 Å². The van der Waals surface area contributed by atoms with Gasteiger partial charge in [0.15, 0.2) is 5.82 Å². The number of hydrogen-bond donors (Lipinski definition) is 1. The monoisotopic (exact) mass is 463 g/mol. The van der Waals surface area contributed by atoms with Crippen LogP contribution in [0.2, 0.25) is 25.7 Å². The molecular weight excluding hydrogens is 430 g/mol. The molecule has 0 spiro atoms. The number of carboxylic acid groups (broad SMARTS) is 1. The van der Waals surface area contributed by atoms with E-state index in [1.807, 2.05) is 6.92 Å². The first-order chi connectivity index (χ1) is 15.2. The van der Waals surface area contributed by atoms with Gasteiger partial charge in [-0.3, -0.25) is 4.79 Å². The van der Waals surface area contributed by atoms with Crippen LogP contribution in [0.1, 0.15) is 47.7 Å². The van der Waals surface area contributed by atoms with E-state index in [1.54, 1.807) is 18.2 Å². The van der Waals surface area contributed by atoms with Crippen molar-refractivity contribution >= 4 is 20.0 Å². The van der Waals surface area contributed by atoms with E-state index < -0.39 is 31.8 Å². The van der Waals surface area contributed by atoms with Crippen LogP contribution in [0.25, 0.3) is 0 Å². The van der Waals surface area contributed by atoms with Crippen molar-refractivity contribution in [3.63, 3.8) is 0 Å². The molecule has 1 N–H and O–H groups in total. The van der Waals surface area contributed by atoms with E-state index in [9.17, 15) is 14.7 Å². The average Bonchev–Trinajstić information content (AvgIpc) is 3.20. The van der Waals surface area contributed by atoms with Crippen LogP contribution in [0.4, 0.5) is 0 Å². The Hall–Kier alpha value is -2.66. The Morgan fingerprint density at radius 1 is 1.25 bits per heavy atom. The van der Waals surface area contributed by atoms with Crippen molar-refractivity contribution in [2.45, 2.75) is 64.5 Å². The number of methoxy groups -OCH3 is 1. The Labute approximate surface area is 189 Å². The van der Waals surface area contributed by atoms with E-state index >= 15 is 0 Å². The number of pyridine rings is 1. The van der Waals surface area contributed by atoms with E-state index in [0.29, 0.717) is 31.0 Å². The maximum Gasteiger partial charge on any atom is 0.356 e. The first-order valence-corrected chi connectivity index (χ1v) is 14.5. The highest BCUT2D eigenvalue weighted by Gasteiger charge is 2.33. The second kappa shape index (κ2) is 11.8. The Morgan fingerprint density at radius 2 is 2.00 bits per heavy atom. The Balaban J connectivity index is 2.30. The van der Waals surface area contributed by atoms with Gasteiger partial charge in [-0.05, 0) is 35.0 Å². The van der Waals surface area contributed by atoms with Crippen LogP contribution in [-0.2, 0) is 27.4 Å². The number of carbonyl (C=O) groups is 2. The van der Waals surface area contributed by atoms with Crippen LogP contribution < -0.4 is 0 Å². The largest absolute Gasteiger partial charge is 0.481 e.